The van der Waals surface area contributed by atoms with Crippen LogP contribution in [0, 0.1) is 0 Å². The molecule has 1 atom stereocenters. The lowest BCUT2D eigenvalue weighted by atomic mass is 10.4. The molecule has 0 aromatic rings. The fraction of sp³-hybridized carbons (Fsp3) is 0.800. The zero-order valence-corrected chi connectivity index (χ0v) is 6.81. The van der Waals surface area contributed by atoms with Crippen LogP contribution in [0.3, 0.4) is 0 Å². The molecule has 10 heavy (non-hydrogen) atoms. The predicted molar refractivity (Wildman–Crippen MR) is 39.1 cm³/mol. The molecule has 0 radical (unpaired) electrons. The molecule has 2 N–H and O–H groups in total. The molecule has 0 fully saturated rings. The summed E-state index contributed by atoms with van der Waals surface area (Å²) in [6.07, 6.45) is -0.616. The first-order chi connectivity index (χ1) is 4.26. The molecular weight excluding hydrogens is 158 g/mol. The van der Waals surface area contributed by atoms with Crippen LogP contribution >= 0.6 is 12.4 Å². The highest BCUT2D eigenvalue weighted by molar-refractivity contribution is 5.85. The van der Waals surface area contributed by atoms with E-state index < -0.39 is 12.1 Å². The maximum Gasteiger partial charge on any atom is 0.336 e. The van der Waals surface area contributed by atoms with Gasteiger partial charge in [0, 0.05) is 13.7 Å². The number of esters is 1. The largest absolute Gasteiger partial charge is 0.467 e. The van der Waals surface area contributed by atoms with Crippen molar-refractivity contribution in [3.63, 3.8) is 0 Å². The van der Waals surface area contributed by atoms with Gasteiger partial charge >= 0.3 is 5.97 Å². The van der Waals surface area contributed by atoms with Crippen molar-refractivity contribution in [2.75, 3.05) is 20.8 Å². The predicted octanol–water partition coefficient (Wildman–Crippen LogP) is -0.445. The van der Waals surface area contributed by atoms with E-state index in [1.54, 1.807) is 0 Å². The van der Waals surface area contributed by atoms with E-state index in [0.717, 1.165) is 0 Å². The van der Waals surface area contributed by atoms with Crippen molar-refractivity contribution in [3.8, 4) is 0 Å². The molecule has 0 aliphatic rings. The van der Waals surface area contributed by atoms with E-state index in [-0.39, 0.29) is 19.0 Å². The van der Waals surface area contributed by atoms with Gasteiger partial charge in [-0.15, -0.1) is 12.4 Å². The molecule has 4 nitrogen and oxygen atoms in total. The molecule has 0 aromatic heterocycles. The normalized spacial score (nSPS) is 11.5. The lowest BCUT2D eigenvalue weighted by Crippen LogP contribution is -2.32. The third-order valence-electron chi connectivity index (χ3n) is 0.963. The van der Waals surface area contributed by atoms with Gasteiger partial charge in [0.15, 0.2) is 6.10 Å². The van der Waals surface area contributed by atoms with Gasteiger partial charge in [0.25, 0.3) is 0 Å². The van der Waals surface area contributed by atoms with Crippen molar-refractivity contribution in [3.05, 3.63) is 0 Å². The molecular formula is C5H12ClNO3. The number of methoxy groups -OCH3 is 2. The molecule has 0 spiro atoms. The van der Waals surface area contributed by atoms with Crippen molar-refractivity contribution in [2.24, 2.45) is 5.73 Å². The van der Waals surface area contributed by atoms with Crippen LogP contribution in [0.5, 0.6) is 0 Å². The van der Waals surface area contributed by atoms with Crippen LogP contribution in [-0.2, 0) is 14.3 Å². The molecule has 0 heterocycles. The number of halogens is 1. The summed E-state index contributed by atoms with van der Waals surface area (Å²) in [5, 5.41) is 0. The first-order valence-corrected chi connectivity index (χ1v) is 2.57. The van der Waals surface area contributed by atoms with Crippen molar-refractivity contribution < 1.29 is 14.3 Å². The minimum atomic E-state index is -0.616. The van der Waals surface area contributed by atoms with Crippen molar-refractivity contribution in [1.29, 1.82) is 0 Å². The minimum absolute atomic E-state index is 0. The number of nitrogens with two attached hydrogens (primary N) is 1. The molecule has 0 aliphatic carbocycles. The summed E-state index contributed by atoms with van der Waals surface area (Å²) in [4.78, 5) is 10.5. The van der Waals surface area contributed by atoms with Crippen LogP contribution in [0.2, 0.25) is 0 Å². The summed E-state index contributed by atoms with van der Waals surface area (Å²) in [5.41, 5.74) is 5.13. The number of hydrogen-bond donors (Lipinski definition) is 1. The third kappa shape index (κ3) is 3.66. The van der Waals surface area contributed by atoms with Gasteiger partial charge in [0.2, 0.25) is 0 Å². The van der Waals surface area contributed by atoms with Crippen LogP contribution in [0.4, 0.5) is 0 Å². The second-order valence-electron chi connectivity index (χ2n) is 1.48. The number of hydrogen-bond acceptors (Lipinski definition) is 4. The van der Waals surface area contributed by atoms with Gasteiger partial charge in [-0.05, 0) is 0 Å². The summed E-state index contributed by atoms with van der Waals surface area (Å²) < 4.78 is 9.00. The smallest absolute Gasteiger partial charge is 0.336 e. The zero-order valence-electron chi connectivity index (χ0n) is 5.99. The quantitative estimate of drug-likeness (QED) is 0.582. The Morgan fingerprint density at radius 2 is 2.10 bits per heavy atom. The van der Waals surface area contributed by atoms with E-state index >= 15 is 0 Å². The molecule has 0 saturated carbocycles. The van der Waals surface area contributed by atoms with Gasteiger partial charge in [-0.2, -0.15) is 0 Å². The van der Waals surface area contributed by atoms with Crippen molar-refractivity contribution in [1.82, 2.24) is 0 Å². The molecule has 0 unspecified atom stereocenters. The first-order valence-electron chi connectivity index (χ1n) is 2.57. The van der Waals surface area contributed by atoms with Gasteiger partial charge in [0.05, 0.1) is 7.11 Å². The van der Waals surface area contributed by atoms with Gasteiger partial charge in [0.1, 0.15) is 0 Å². The summed E-state index contributed by atoms with van der Waals surface area (Å²) in [6.45, 7) is 0.156. The second kappa shape index (κ2) is 6.80. The Kier molecular flexibility index (Phi) is 8.40. The summed E-state index contributed by atoms with van der Waals surface area (Å²) in [7, 11) is 2.71. The standard InChI is InChI=1S/C5H11NO3.ClH/c1-8-4(3-6)5(7)9-2;/h4H,3,6H2,1-2H3;1H/t4-;/m0./s1. The van der Waals surface area contributed by atoms with Gasteiger partial charge in [-0.1, -0.05) is 0 Å². The third-order valence-corrected chi connectivity index (χ3v) is 0.963. The Balaban J connectivity index is 0. The maximum absolute atomic E-state index is 10.5. The van der Waals surface area contributed by atoms with Gasteiger partial charge < -0.3 is 15.2 Å². The Morgan fingerprint density at radius 3 is 2.20 bits per heavy atom. The van der Waals surface area contributed by atoms with Crippen LogP contribution in [0.1, 0.15) is 0 Å². The lowest BCUT2D eigenvalue weighted by Gasteiger charge is -2.08. The van der Waals surface area contributed by atoms with Crippen LogP contribution in [-0.4, -0.2) is 32.8 Å². The zero-order chi connectivity index (χ0) is 7.28. The first kappa shape index (κ1) is 12.4. The molecule has 0 rings (SSSR count). The van der Waals surface area contributed by atoms with E-state index in [0.29, 0.717) is 0 Å². The summed E-state index contributed by atoms with van der Waals surface area (Å²) in [6, 6.07) is 0. The molecule has 0 amide bonds. The Morgan fingerprint density at radius 1 is 1.60 bits per heavy atom. The van der Waals surface area contributed by atoms with E-state index in [2.05, 4.69) is 9.47 Å². The number of carbonyl (C=O) groups excluding carboxylic acids is 1. The number of rotatable bonds is 3. The molecule has 0 aromatic carbocycles. The van der Waals surface area contributed by atoms with Crippen LogP contribution in [0.15, 0.2) is 0 Å². The van der Waals surface area contributed by atoms with Crippen LogP contribution < -0.4 is 5.73 Å². The van der Waals surface area contributed by atoms with E-state index in [1.165, 1.54) is 14.2 Å². The van der Waals surface area contributed by atoms with Gasteiger partial charge in [-0.3, -0.25) is 0 Å². The van der Waals surface area contributed by atoms with Gasteiger partial charge in [-0.25, -0.2) is 4.79 Å². The average molecular weight is 170 g/mol. The highest BCUT2D eigenvalue weighted by atomic mass is 35.5. The lowest BCUT2D eigenvalue weighted by molar-refractivity contribution is -0.151. The number of carbonyl (C=O) groups is 1. The second-order valence-corrected chi connectivity index (χ2v) is 1.48. The Hall–Kier alpha value is -0.320. The highest BCUT2D eigenvalue weighted by Crippen LogP contribution is 1.88. The van der Waals surface area contributed by atoms with E-state index in [1.807, 2.05) is 0 Å². The summed E-state index contributed by atoms with van der Waals surface area (Å²) in [5.74, 6) is -0.431. The monoisotopic (exact) mass is 169 g/mol. The molecule has 62 valence electrons. The molecule has 0 aliphatic heterocycles. The maximum atomic E-state index is 10.5. The topological polar surface area (TPSA) is 61.5 Å². The Labute approximate surface area is 66.1 Å². The highest BCUT2D eigenvalue weighted by Gasteiger charge is 2.14. The summed E-state index contributed by atoms with van der Waals surface area (Å²) >= 11 is 0. The SMILES string of the molecule is COC(=O)[C@H](CN)OC.Cl. The molecule has 0 bridgehead atoms. The molecule has 0 saturated heterocycles. The average Bonchev–Trinajstić information content (AvgIpc) is 1.90. The minimum Gasteiger partial charge on any atom is -0.467 e. The Bertz CT molecular complexity index is 94.9. The van der Waals surface area contributed by atoms with Crippen molar-refractivity contribution in [2.45, 2.75) is 6.10 Å². The molecule has 5 heteroatoms. The van der Waals surface area contributed by atoms with E-state index in [4.69, 9.17) is 5.73 Å². The van der Waals surface area contributed by atoms with Crippen molar-refractivity contribution >= 4 is 18.4 Å². The van der Waals surface area contributed by atoms with Crippen LogP contribution in [0.25, 0.3) is 0 Å². The number of ether oxygens (including phenoxy) is 2. The van der Waals surface area contributed by atoms with E-state index in [9.17, 15) is 4.79 Å². The fourth-order valence-electron chi connectivity index (χ4n) is 0.420. The fourth-order valence-corrected chi connectivity index (χ4v) is 0.420.